The van der Waals surface area contributed by atoms with E-state index in [1.54, 1.807) is 0 Å². The Kier molecular flexibility index (Phi) is 7.60. The predicted molar refractivity (Wildman–Crippen MR) is 106 cm³/mol. The lowest BCUT2D eigenvalue weighted by Crippen LogP contribution is -2.30. The second-order valence-electron chi connectivity index (χ2n) is 7.17. The number of hydrogen-bond donors (Lipinski definition) is 2. The Morgan fingerprint density at radius 3 is 2.61 bits per heavy atom. The van der Waals surface area contributed by atoms with Crippen LogP contribution in [0.5, 0.6) is 0 Å². The highest BCUT2D eigenvalue weighted by atomic mass is 16.6. The number of benzene rings is 1. The lowest BCUT2D eigenvalue weighted by Gasteiger charge is -2.27. The van der Waals surface area contributed by atoms with E-state index in [1.807, 2.05) is 12.1 Å². The first kappa shape index (κ1) is 20.5. The molecule has 0 bridgehead atoms. The van der Waals surface area contributed by atoms with E-state index in [0.29, 0.717) is 6.42 Å². The molecule has 1 aromatic carbocycles. The third kappa shape index (κ3) is 5.89. The van der Waals surface area contributed by atoms with Crippen molar-refractivity contribution in [1.82, 2.24) is 0 Å². The molecular formula is C23H28O5. The van der Waals surface area contributed by atoms with Gasteiger partial charge >= 0.3 is 5.97 Å². The van der Waals surface area contributed by atoms with Crippen molar-refractivity contribution in [3.8, 4) is 0 Å². The second kappa shape index (κ2) is 10.4. The maximum Gasteiger partial charge on any atom is 0.339 e. The zero-order chi connectivity index (χ0) is 19.8. The maximum absolute atomic E-state index is 11.6. The third-order valence-corrected chi connectivity index (χ3v) is 5.04. The second-order valence-corrected chi connectivity index (χ2v) is 7.17. The van der Waals surface area contributed by atoms with Crippen LogP contribution in [0.2, 0.25) is 0 Å². The van der Waals surface area contributed by atoms with Gasteiger partial charge in [-0.3, -0.25) is 0 Å². The van der Waals surface area contributed by atoms with Gasteiger partial charge in [-0.05, 0) is 55.7 Å². The molecule has 0 fully saturated rings. The van der Waals surface area contributed by atoms with Crippen LogP contribution in [0.25, 0.3) is 0 Å². The van der Waals surface area contributed by atoms with Crippen LogP contribution >= 0.6 is 0 Å². The molecule has 0 amide bonds. The predicted octanol–water partition coefficient (Wildman–Crippen LogP) is 3.57. The summed E-state index contributed by atoms with van der Waals surface area (Å²) < 4.78 is 10.2. The van der Waals surface area contributed by atoms with Crippen LogP contribution in [0.3, 0.4) is 0 Å². The van der Waals surface area contributed by atoms with Gasteiger partial charge in [-0.25, -0.2) is 4.79 Å². The zero-order valence-electron chi connectivity index (χ0n) is 16.0. The van der Waals surface area contributed by atoms with E-state index in [4.69, 9.17) is 4.74 Å². The topological polar surface area (TPSA) is 76.0 Å². The molecule has 3 atom stereocenters. The van der Waals surface area contributed by atoms with Gasteiger partial charge in [0.25, 0.3) is 0 Å². The molecule has 2 N–H and O–H groups in total. The smallest absolute Gasteiger partial charge is 0.339 e. The lowest BCUT2D eigenvalue weighted by atomic mass is 9.98. The standard InChI is InChI=1S/C23H28O5/c24-21-16-19(23(26)28-21)20-15-14-18(22(25)27-20)13-9-4-2-1-3-6-10-17-11-7-5-8-12-17/h3,5-8,11-12,14,16,20-22,24-25H,1-2,4,9-10,13,15H2/b6-3+. The van der Waals surface area contributed by atoms with Crippen molar-refractivity contribution < 1.29 is 24.5 Å². The fourth-order valence-electron chi connectivity index (χ4n) is 3.48. The summed E-state index contributed by atoms with van der Waals surface area (Å²) >= 11 is 0. The summed E-state index contributed by atoms with van der Waals surface area (Å²) in [6, 6.07) is 10.4. The highest BCUT2D eigenvalue weighted by molar-refractivity contribution is 5.91. The number of esters is 1. The van der Waals surface area contributed by atoms with Gasteiger partial charge in [0.2, 0.25) is 6.29 Å². The Hall–Kier alpha value is -2.21. The van der Waals surface area contributed by atoms with Crippen LogP contribution in [0.15, 0.2) is 65.8 Å². The Labute approximate surface area is 166 Å². The Balaban J connectivity index is 1.32. The summed E-state index contributed by atoms with van der Waals surface area (Å²) in [5, 5.41) is 19.5. The van der Waals surface area contributed by atoms with Crippen molar-refractivity contribution in [2.75, 3.05) is 0 Å². The first-order valence-corrected chi connectivity index (χ1v) is 9.95. The molecule has 3 rings (SSSR count). The van der Waals surface area contributed by atoms with Gasteiger partial charge in [0, 0.05) is 0 Å². The van der Waals surface area contributed by atoms with Gasteiger partial charge in [0.1, 0.15) is 0 Å². The molecule has 0 aliphatic carbocycles. The zero-order valence-corrected chi connectivity index (χ0v) is 16.0. The minimum Gasteiger partial charge on any atom is -0.429 e. The van der Waals surface area contributed by atoms with Crippen LogP contribution in [0.4, 0.5) is 0 Å². The number of aliphatic hydroxyl groups is 2. The molecule has 0 spiro atoms. The summed E-state index contributed by atoms with van der Waals surface area (Å²) in [6.07, 6.45) is 11.5. The molecule has 0 radical (unpaired) electrons. The van der Waals surface area contributed by atoms with Crippen LogP contribution in [0, 0.1) is 0 Å². The minimum atomic E-state index is -1.21. The number of hydrogen-bond acceptors (Lipinski definition) is 5. The summed E-state index contributed by atoms with van der Waals surface area (Å²) in [5.41, 5.74) is 2.47. The SMILES string of the molecule is O=C1OC(O)C=C1C1CC=C(CCCCC/C=C/Cc2ccccc2)C(O)O1. The van der Waals surface area contributed by atoms with E-state index in [9.17, 15) is 15.0 Å². The molecule has 3 unspecified atom stereocenters. The Morgan fingerprint density at radius 2 is 1.89 bits per heavy atom. The highest BCUT2D eigenvalue weighted by Crippen LogP contribution is 2.29. The molecule has 5 heteroatoms. The van der Waals surface area contributed by atoms with Crippen molar-refractivity contribution in [3.63, 3.8) is 0 Å². The normalized spacial score (nSPS) is 24.9. The Bertz CT molecular complexity index is 735. The number of aliphatic hydroxyl groups excluding tert-OH is 2. The fourth-order valence-corrected chi connectivity index (χ4v) is 3.48. The van der Waals surface area contributed by atoms with Gasteiger partial charge in [0.05, 0.1) is 11.7 Å². The molecule has 2 aliphatic heterocycles. The first-order valence-electron chi connectivity index (χ1n) is 9.95. The van der Waals surface area contributed by atoms with E-state index in [2.05, 4.69) is 41.2 Å². The maximum atomic E-state index is 11.6. The number of unbranched alkanes of at least 4 members (excludes halogenated alkanes) is 3. The summed E-state index contributed by atoms with van der Waals surface area (Å²) in [5.74, 6) is -0.582. The molecule has 2 aliphatic rings. The number of carbonyl (C=O) groups excluding carboxylic acids is 1. The van der Waals surface area contributed by atoms with Crippen LogP contribution in [-0.4, -0.2) is 34.9 Å². The average Bonchev–Trinajstić information content (AvgIpc) is 3.04. The van der Waals surface area contributed by atoms with Gasteiger partial charge in [-0.2, -0.15) is 0 Å². The molecule has 5 nitrogen and oxygen atoms in total. The van der Waals surface area contributed by atoms with Crippen LogP contribution in [-0.2, 0) is 20.7 Å². The molecule has 28 heavy (non-hydrogen) atoms. The van der Waals surface area contributed by atoms with Crippen molar-refractivity contribution >= 4 is 5.97 Å². The van der Waals surface area contributed by atoms with E-state index >= 15 is 0 Å². The summed E-state index contributed by atoms with van der Waals surface area (Å²) in [6.45, 7) is 0. The number of rotatable bonds is 9. The van der Waals surface area contributed by atoms with Gasteiger partial charge in [-0.1, -0.05) is 55.0 Å². The van der Waals surface area contributed by atoms with Crippen molar-refractivity contribution in [2.24, 2.45) is 0 Å². The van der Waals surface area contributed by atoms with Crippen molar-refractivity contribution in [2.45, 2.75) is 63.6 Å². The summed E-state index contributed by atoms with van der Waals surface area (Å²) in [7, 11) is 0. The van der Waals surface area contributed by atoms with E-state index in [0.717, 1.165) is 44.1 Å². The average molecular weight is 384 g/mol. The minimum absolute atomic E-state index is 0.282. The molecule has 0 saturated heterocycles. The van der Waals surface area contributed by atoms with Gasteiger partial charge < -0.3 is 19.7 Å². The molecule has 1 aromatic rings. The fraction of sp³-hybridized carbons (Fsp3) is 0.435. The van der Waals surface area contributed by atoms with Crippen molar-refractivity contribution in [3.05, 3.63) is 71.3 Å². The van der Waals surface area contributed by atoms with Gasteiger partial charge in [0.15, 0.2) is 6.29 Å². The lowest BCUT2D eigenvalue weighted by molar-refractivity contribution is -0.154. The van der Waals surface area contributed by atoms with Gasteiger partial charge in [-0.15, -0.1) is 0 Å². The first-order chi connectivity index (χ1) is 13.6. The number of allylic oxidation sites excluding steroid dienone is 2. The quantitative estimate of drug-likeness (QED) is 0.387. The monoisotopic (exact) mass is 384 g/mol. The number of cyclic esters (lactones) is 1. The van der Waals surface area contributed by atoms with E-state index in [1.165, 1.54) is 11.6 Å². The van der Waals surface area contributed by atoms with E-state index in [-0.39, 0.29) is 5.57 Å². The largest absolute Gasteiger partial charge is 0.429 e. The molecular weight excluding hydrogens is 356 g/mol. The Morgan fingerprint density at radius 1 is 1.07 bits per heavy atom. The molecule has 150 valence electrons. The van der Waals surface area contributed by atoms with Crippen LogP contribution < -0.4 is 0 Å². The number of carbonyl (C=O) groups is 1. The third-order valence-electron chi connectivity index (χ3n) is 5.04. The molecule has 2 heterocycles. The molecule has 0 saturated carbocycles. The van der Waals surface area contributed by atoms with Crippen molar-refractivity contribution in [1.29, 1.82) is 0 Å². The summed E-state index contributed by atoms with van der Waals surface area (Å²) in [4.78, 5) is 11.6. The molecule has 0 aromatic heterocycles. The van der Waals surface area contributed by atoms with Crippen LogP contribution in [0.1, 0.15) is 44.1 Å². The van der Waals surface area contributed by atoms with E-state index < -0.39 is 24.7 Å². The highest BCUT2D eigenvalue weighted by Gasteiger charge is 2.34. The number of ether oxygens (including phenoxy) is 2.